The van der Waals surface area contributed by atoms with E-state index < -0.39 is 5.60 Å². The molecule has 60 valence electrons. The molecule has 1 aromatic rings. The van der Waals surface area contributed by atoms with Gasteiger partial charge in [0.1, 0.15) is 5.60 Å². The maximum atomic E-state index is 10.3. The monoisotopic (exact) mass is 171 g/mol. The second-order valence-corrected chi connectivity index (χ2v) is 3.56. The minimum Gasteiger partial charge on any atom is -0.382 e. The van der Waals surface area contributed by atoms with Crippen LogP contribution in [0.4, 0.5) is 0 Å². The van der Waals surface area contributed by atoms with Gasteiger partial charge in [-0.2, -0.15) is 0 Å². The number of carbonyl (C=O) groups excluding carboxylic acids is 1. The molecule has 11 heavy (non-hydrogen) atoms. The highest BCUT2D eigenvalue weighted by Gasteiger charge is 2.20. The lowest BCUT2D eigenvalue weighted by atomic mass is 10.1. The summed E-state index contributed by atoms with van der Waals surface area (Å²) in [5, 5.41) is 11.9. The van der Waals surface area contributed by atoms with E-state index in [0.29, 0.717) is 12.7 Å². The Kier molecular flexibility index (Phi) is 2.36. The average Bonchev–Trinajstić information content (AvgIpc) is 2.39. The second kappa shape index (κ2) is 3.11. The fourth-order valence-corrected chi connectivity index (χ4v) is 1.46. The molecule has 0 saturated heterocycles. The van der Waals surface area contributed by atoms with E-state index in [9.17, 15) is 9.90 Å². The van der Waals surface area contributed by atoms with E-state index in [1.807, 2.05) is 5.38 Å². The number of hydrogen-bond donors (Lipinski definition) is 1. The SMILES string of the molecule is CC(O)(C=O)Cc1nccs1. The number of hydrogen-bond acceptors (Lipinski definition) is 4. The molecule has 3 nitrogen and oxygen atoms in total. The molecule has 1 atom stereocenters. The van der Waals surface area contributed by atoms with Gasteiger partial charge in [-0.3, -0.25) is 0 Å². The standard InChI is InChI=1S/C7H9NO2S/c1-7(10,5-9)4-6-8-2-3-11-6/h2-3,5,10H,4H2,1H3. The molecule has 1 heterocycles. The van der Waals surface area contributed by atoms with Crippen LogP contribution in [0.2, 0.25) is 0 Å². The summed E-state index contributed by atoms with van der Waals surface area (Å²) < 4.78 is 0. The van der Waals surface area contributed by atoms with Crippen molar-refractivity contribution in [1.29, 1.82) is 0 Å². The van der Waals surface area contributed by atoms with Gasteiger partial charge in [0, 0.05) is 18.0 Å². The second-order valence-electron chi connectivity index (χ2n) is 2.58. The van der Waals surface area contributed by atoms with Gasteiger partial charge in [0.25, 0.3) is 0 Å². The molecular weight excluding hydrogens is 162 g/mol. The molecule has 0 saturated carbocycles. The predicted octanol–water partition coefficient (Wildman–Crippen LogP) is 0.635. The average molecular weight is 171 g/mol. The highest BCUT2D eigenvalue weighted by Crippen LogP contribution is 2.12. The van der Waals surface area contributed by atoms with Crippen molar-refractivity contribution >= 4 is 17.6 Å². The quantitative estimate of drug-likeness (QED) is 0.679. The van der Waals surface area contributed by atoms with E-state index in [2.05, 4.69) is 4.98 Å². The van der Waals surface area contributed by atoms with Gasteiger partial charge in [-0.05, 0) is 6.92 Å². The summed E-state index contributed by atoms with van der Waals surface area (Å²) >= 11 is 1.44. The fraction of sp³-hybridized carbons (Fsp3) is 0.429. The van der Waals surface area contributed by atoms with Crippen LogP contribution in [0.5, 0.6) is 0 Å². The number of carbonyl (C=O) groups is 1. The number of aldehydes is 1. The highest BCUT2D eigenvalue weighted by atomic mass is 32.1. The molecule has 0 aliphatic rings. The summed E-state index contributed by atoms with van der Waals surface area (Å²) in [6, 6.07) is 0. The third kappa shape index (κ3) is 2.40. The number of rotatable bonds is 3. The van der Waals surface area contributed by atoms with Crippen molar-refractivity contribution in [3.8, 4) is 0 Å². The third-order valence-electron chi connectivity index (χ3n) is 1.25. The summed E-state index contributed by atoms with van der Waals surface area (Å²) in [7, 11) is 0. The van der Waals surface area contributed by atoms with Crippen molar-refractivity contribution in [2.45, 2.75) is 18.9 Å². The minimum atomic E-state index is -1.27. The van der Waals surface area contributed by atoms with Gasteiger partial charge in [0.2, 0.25) is 0 Å². The Morgan fingerprint density at radius 3 is 3.09 bits per heavy atom. The summed E-state index contributed by atoms with van der Waals surface area (Å²) in [5.41, 5.74) is -1.27. The molecule has 0 aliphatic carbocycles. The Morgan fingerprint density at radius 1 is 1.91 bits per heavy atom. The zero-order valence-electron chi connectivity index (χ0n) is 6.15. The summed E-state index contributed by atoms with van der Waals surface area (Å²) in [4.78, 5) is 14.2. The first-order chi connectivity index (χ1) is 5.14. The molecule has 0 fully saturated rings. The Labute approximate surface area is 68.7 Å². The summed E-state index contributed by atoms with van der Waals surface area (Å²) in [6.45, 7) is 1.47. The molecule has 0 amide bonds. The Balaban J connectivity index is 2.63. The van der Waals surface area contributed by atoms with Crippen LogP contribution in [-0.4, -0.2) is 22.0 Å². The van der Waals surface area contributed by atoms with E-state index >= 15 is 0 Å². The molecule has 0 spiro atoms. The van der Waals surface area contributed by atoms with Crippen molar-refractivity contribution < 1.29 is 9.90 Å². The van der Waals surface area contributed by atoms with Gasteiger partial charge in [-0.25, -0.2) is 4.98 Å². The lowest BCUT2D eigenvalue weighted by Crippen LogP contribution is -2.28. The zero-order valence-corrected chi connectivity index (χ0v) is 6.97. The molecule has 0 bridgehead atoms. The molecule has 0 radical (unpaired) electrons. The molecule has 1 unspecified atom stereocenters. The number of aromatic nitrogens is 1. The summed E-state index contributed by atoms with van der Waals surface area (Å²) in [5.74, 6) is 0. The van der Waals surface area contributed by atoms with Crippen molar-refractivity contribution in [2.24, 2.45) is 0 Å². The normalized spacial score (nSPS) is 15.8. The number of nitrogens with zero attached hydrogens (tertiary/aromatic N) is 1. The maximum Gasteiger partial charge on any atom is 0.151 e. The van der Waals surface area contributed by atoms with Crippen LogP contribution in [-0.2, 0) is 11.2 Å². The largest absolute Gasteiger partial charge is 0.382 e. The van der Waals surface area contributed by atoms with Crippen molar-refractivity contribution in [3.63, 3.8) is 0 Å². The van der Waals surface area contributed by atoms with Crippen molar-refractivity contribution in [2.75, 3.05) is 0 Å². The van der Waals surface area contributed by atoms with Gasteiger partial charge in [-0.15, -0.1) is 11.3 Å². The van der Waals surface area contributed by atoms with Gasteiger partial charge in [0.05, 0.1) is 5.01 Å². The first-order valence-electron chi connectivity index (χ1n) is 3.21. The molecular formula is C7H9NO2S. The van der Waals surface area contributed by atoms with E-state index in [1.54, 1.807) is 6.20 Å². The number of thiazole rings is 1. The van der Waals surface area contributed by atoms with Crippen LogP contribution in [0.15, 0.2) is 11.6 Å². The fourth-order valence-electron chi connectivity index (χ4n) is 0.688. The molecule has 0 aromatic carbocycles. The topological polar surface area (TPSA) is 50.2 Å². The minimum absolute atomic E-state index is 0.300. The first kappa shape index (κ1) is 8.36. The summed E-state index contributed by atoms with van der Waals surface area (Å²) in [6.07, 6.45) is 2.49. The molecule has 4 heteroatoms. The zero-order chi connectivity index (χ0) is 8.32. The lowest BCUT2D eigenvalue weighted by molar-refractivity contribution is -0.122. The van der Waals surface area contributed by atoms with Crippen LogP contribution < -0.4 is 0 Å². The van der Waals surface area contributed by atoms with E-state index in [-0.39, 0.29) is 0 Å². The van der Waals surface area contributed by atoms with Crippen LogP contribution in [0.3, 0.4) is 0 Å². The molecule has 0 aliphatic heterocycles. The van der Waals surface area contributed by atoms with Crippen molar-refractivity contribution in [1.82, 2.24) is 4.98 Å². The van der Waals surface area contributed by atoms with Crippen LogP contribution >= 0.6 is 11.3 Å². The maximum absolute atomic E-state index is 10.3. The van der Waals surface area contributed by atoms with Crippen molar-refractivity contribution in [3.05, 3.63) is 16.6 Å². The first-order valence-corrected chi connectivity index (χ1v) is 4.09. The van der Waals surface area contributed by atoms with E-state index in [1.165, 1.54) is 18.3 Å². The Hall–Kier alpha value is -0.740. The van der Waals surface area contributed by atoms with Crippen LogP contribution in [0, 0.1) is 0 Å². The highest BCUT2D eigenvalue weighted by molar-refractivity contribution is 7.09. The lowest BCUT2D eigenvalue weighted by Gasteiger charge is -2.12. The van der Waals surface area contributed by atoms with E-state index in [4.69, 9.17) is 0 Å². The van der Waals surface area contributed by atoms with Gasteiger partial charge in [-0.1, -0.05) is 0 Å². The van der Waals surface area contributed by atoms with Crippen LogP contribution in [0.25, 0.3) is 0 Å². The Bertz CT molecular complexity index is 231. The van der Waals surface area contributed by atoms with Crippen LogP contribution in [0.1, 0.15) is 11.9 Å². The predicted molar refractivity (Wildman–Crippen MR) is 42.5 cm³/mol. The molecule has 1 rings (SSSR count). The van der Waals surface area contributed by atoms with Gasteiger partial charge in [0.15, 0.2) is 6.29 Å². The Morgan fingerprint density at radius 2 is 2.64 bits per heavy atom. The number of aliphatic hydroxyl groups is 1. The smallest absolute Gasteiger partial charge is 0.151 e. The van der Waals surface area contributed by atoms with Gasteiger partial charge < -0.3 is 9.90 Å². The van der Waals surface area contributed by atoms with Gasteiger partial charge >= 0.3 is 0 Å². The molecule has 1 N–H and O–H groups in total. The van der Waals surface area contributed by atoms with E-state index in [0.717, 1.165) is 5.01 Å². The molecule has 1 aromatic heterocycles. The third-order valence-corrected chi connectivity index (χ3v) is 2.03.